The molecule has 18 heavy (non-hydrogen) atoms. The van der Waals surface area contributed by atoms with Gasteiger partial charge in [-0.3, -0.25) is 0 Å². The lowest BCUT2D eigenvalue weighted by Gasteiger charge is -2.26. The zero-order valence-corrected chi connectivity index (χ0v) is 13.3. The summed E-state index contributed by atoms with van der Waals surface area (Å²) in [5.41, 5.74) is 6.14. The van der Waals surface area contributed by atoms with Gasteiger partial charge in [0.05, 0.1) is 0 Å². The molecule has 0 rings (SSSR count). The predicted octanol–water partition coefficient (Wildman–Crippen LogP) is 5.16. The molecule has 0 saturated carbocycles. The lowest BCUT2D eigenvalue weighted by Crippen LogP contribution is -2.21. The van der Waals surface area contributed by atoms with Crippen molar-refractivity contribution in [2.45, 2.75) is 79.2 Å². The van der Waals surface area contributed by atoms with Gasteiger partial charge in [-0.1, -0.05) is 59.1 Å². The first kappa shape index (κ1) is 17.7. The number of nitrogens with two attached hydrogens (primary N) is 1. The van der Waals surface area contributed by atoms with E-state index < -0.39 is 0 Å². The van der Waals surface area contributed by atoms with E-state index in [4.69, 9.17) is 5.73 Å². The molecule has 0 heterocycles. The molecule has 0 amide bonds. The van der Waals surface area contributed by atoms with Crippen molar-refractivity contribution in [3.8, 4) is 0 Å². The third kappa shape index (κ3) is 7.92. The summed E-state index contributed by atoms with van der Waals surface area (Å²) < 4.78 is 0. The van der Waals surface area contributed by atoms with E-state index in [0.717, 1.165) is 30.6 Å². The van der Waals surface area contributed by atoms with Crippen LogP contribution in [0.2, 0.25) is 0 Å². The first-order valence-corrected chi connectivity index (χ1v) is 7.89. The summed E-state index contributed by atoms with van der Waals surface area (Å²) in [7, 11) is 0. The summed E-state index contributed by atoms with van der Waals surface area (Å²) in [5, 5.41) is 0. The Morgan fingerprint density at radius 2 is 1.72 bits per heavy atom. The molecule has 0 aliphatic carbocycles. The lowest BCUT2D eigenvalue weighted by molar-refractivity contribution is 0.247. The number of allylic oxidation sites excluding steroid dienone is 2. The maximum Gasteiger partial charge on any atom is 0.00417 e. The second-order valence-electron chi connectivity index (χ2n) is 6.11. The van der Waals surface area contributed by atoms with Crippen molar-refractivity contribution in [1.82, 2.24) is 0 Å². The van der Waals surface area contributed by atoms with Gasteiger partial charge >= 0.3 is 0 Å². The predicted molar refractivity (Wildman–Crippen MR) is 83.7 cm³/mol. The quantitative estimate of drug-likeness (QED) is 0.535. The number of hydrogen-bond donors (Lipinski definition) is 1. The Bertz CT molecular complexity index is 208. The summed E-state index contributed by atoms with van der Waals surface area (Å²) in [6.45, 7) is 11.5. The zero-order chi connectivity index (χ0) is 14.0. The topological polar surface area (TPSA) is 26.0 Å². The van der Waals surface area contributed by atoms with Crippen LogP contribution in [0.4, 0.5) is 0 Å². The highest BCUT2D eigenvalue weighted by molar-refractivity contribution is 4.79. The van der Waals surface area contributed by atoms with Crippen LogP contribution in [0.3, 0.4) is 0 Å². The molecule has 0 aromatic carbocycles. The van der Waals surface area contributed by atoms with Crippen LogP contribution < -0.4 is 5.73 Å². The smallest absolute Gasteiger partial charge is 0.00417 e. The molecule has 0 radical (unpaired) electrons. The molecule has 3 unspecified atom stereocenters. The molecule has 0 bridgehead atoms. The fraction of sp³-hybridized carbons (Fsp3) is 0.882. The van der Waals surface area contributed by atoms with Crippen LogP contribution in [0.1, 0.15) is 73.1 Å². The maximum atomic E-state index is 6.14. The van der Waals surface area contributed by atoms with E-state index in [1.165, 1.54) is 25.7 Å². The summed E-state index contributed by atoms with van der Waals surface area (Å²) >= 11 is 0. The molecule has 1 heteroatoms. The Kier molecular flexibility index (Phi) is 10.4. The molecule has 0 aliphatic heterocycles. The van der Waals surface area contributed by atoms with Gasteiger partial charge in [0.2, 0.25) is 0 Å². The molecular weight excluding hydrogens is 218 g/mol. The molecule has 0 aromatic heterocycles. The van der Waals surface area contributed by atoms with E-state index in [1.54, 1.807) is 0 Å². The fourth-order valence-corrected chi connectivity index (χ4v) is 2.65. The van der Waals surface area contributed by atoms with Crippen LogP contribution in [0, 0.1) is 17.8 Å². The molecule has 0 aliphatic rings. The maximum absolute atomic E-state index is 6.14. The third-order valence-electron chi connectivity index (χ3n) is 4.41. The van der Waals surface area contributed by atoms with E-state index in [2.05, 4.69) is 46.8 Å². The summed E-state index contributed by atoms with van der Waals surface area (Å²) in [4.78, 5) is 0. The van der Waals surface area contributed by atoms with Crippen molar-refractivity contribution in [2.75, 3.05) is 0 Å². The largest absolute Gasteiger partial charge is 0.328 e. The first-order chi connectivity index (χ1) is 8.52. The highest BCUT2D eigenvalue weighted by Crippen LogP contribution is 2.28. The van der Waals surface area contributed by atoms with Crippen molar-refractivity contribution in [2.24, 2.45) is 23.5 Å². The van der Waals surface area contributed by atoms with Crippen LogP contribution in [0.5, 0.6) is 0 Å². The standard InChI is InChI=1S/C17H35N/c1-6-8-9-12-17(18)13-10-11-16(7-2)15(5)14(3)4/h6,8,14-17H,7,9-13,18H2,1-5H3/b8-6-. The zero-order valence-electron chi connectivity index (χ0n) is 13.3. The highest BCUT2D eigenvalue weighted by Gasteiger charge is 2.18. The molecule has 108 valence electrons. The molecule has 0 saturated heterocycles. The molecule has 0 aromatic rings. The van der Waals surface area contributed by atoms with Crippen molar-refractivity contribution >= 4 is 0 Å². The molecule has 1 nitrogen and oxygen atoms in total. The van der Waals surface area contributed by atoms with Gasteiger partial charge in [-0.05, 0) is 43.9 Å². The van der Waals surface area contributed by atoms with Gasteiger partial charge in [0.25, 0.3) is 0 Å². The summed E-state index contributed by atoms with van der Waals surface area (Å²) in [5.74, 6) is 2.53. The summed E-state index contributed by atoms with van der Waals surface area (Å²) in [6, 6.07) is 0.396. The fourth-order valence-electron chi connectivity index (χ4n) is 2.65. The Labute approximate surface area is 115 Å². The molecular formula is C17H35N. The van der Waals surface area contributed by atoms with Crippen molar-refractivity contribution < 1.29 is 0 Å². The SMILES string of the molecule is C/C=C\CCC(N)CCCC(CC)C(C)C(C)C. The molecule has 0 spiro atoms. The van der Waals surface area contributed by atoms with Crippen LogP contribution in [0.15, 0.2) is 12.2 Å². The number of rotatable bonds is 10. The molecule has 0 fully saturated rings. The average molecular weight is 253 g/mol. The average Bonchev–Trinajstić information content (AvgIpc) is 2.34. The Balaban J connectivity index is 3.79. The van der Waals surface area contributed by atoms with E-state index in [-0.39, 0.29) is 0 Å². The minimum Gasteiger partial charge on any atom is -0.328 e. The Morgan fingerprint density at radius 3 is 2.22 bits per heavy atom. The first-order valence-electron chi connectivity index (χ1n) is 7.89. The second kappa shape index (κ2) is 10.6. The normalized spacial score (nSPS) is 17.3. The Morgan fingerprint density at radius 1 is 1.06 bits per heavy atom. The molecule has 3 atom stereocenters. The van der Waals surface area contributed by atoms with Gasteiger partial charge in [0.1, 0.15) is 0 Å². The van der Waals surface area contributed by atoms with Crippen molar-refractivity contribution in [3.63, 3.8) is 0 Å². The van der Waals surface area contributed by atoms with Crippen molar-refractivity contribution in [3.05, 3.63) is 12.2 Å². The van der Waals surface area contributed by atoms with E-state index in [9.17, 15) is 0 Å². The number of hydrogen-bond acceptors (Lipinski definition) is 1. The monoisotopic (exact) mass is 253 g/mol. The van der Waals surface area contributed by atoms with Crippen LogP contribution in [-0.2, 0) is 0 Å². The van der Waals surface area contributed by atoms with E-state index in [0.29, 0.717) is 6.04 Å². The van der Waals surface area contributed by atoms with Gasteiger partial charge in [0, 0.05) is 6.04 Å². The van der Waals surface area contributed by atoms with Gasteiger partial charge in [-0.25, -0.2) is 0 Å². The van der Waals surface area contributed by atoms with Crippen LogP contribution >= 0.6 is 0 Å². The van der Waals surface area contributed by atoms with Crippen LogP contribution in [-0.4, -0.2) is 6.04 Å². The Hall–Kier alpha value is -0.300. The molecule has 2 N–H and O–H groups in total. The second-order valence-corrected chi connectivity index (χ2v) is 6.11. The lowest BCUT2D eigenvalue weighted by atomic mass is 9.80. The van der Waals surface area contributed by atoms with E-state index in [1.807, 2.05) is 0 Å². The van der Waals surface area contributed by atoms with Gasteiger partial charge in [0.15, 0.2) is 0 Å². The minimum absolute atomic E-state index is 0.396. The highest BCUT2D eigenvalue weighted by atomic mass is 14.6. The van der Waals surface area contributed by atoms with Gasteiger partial charge in [-0.15, -0.1) is 0 Å². The summed E-state index contributed by atoms with van der Waals surface area (Å²) in [6.07, 6.45) is 11.8. The van der Waals surface area contributed by atoms with Gasteiger partial charge < -0.3 is 5.73 Å². The minimum atomic E-state index is 0.396. The van der Waals surface area contributed by atoms with E-state index >= 15 is 0 Å². The third-order valence-corrected chi connectivity index (χ3v) is 4.41. The van der Waals surface area contributed by atoms with Crippen molar-refractivity contribution in [1.29, 1.82) is 0 Å². The van der Waals surface area contributed by atoms with Gasteiger partial charge in [-0.2, -0.15) is 0 Å². The van der Waals surface area contributed by atoms with Crippen LogP contribution in [0.25, 0.3) is 0 Å².